The molecule has 0 atom stereocenters. The van der Waals surface area contributed by atoms with Gasteiger partial charge in [0.15, 0.2) is 11.5 Å². The summed E-state index contributed by atoms with van der Waals surface area (Å²) >= 11 is 0. The first-order chi connectivity index (χ1) is 9.65. The van der Waals surface area contributed by atoms with Crippen LogP contribution in [-0.2, 0) is 0 Å². The lowest BCUT2D eigenvalue weighted by Crippen LogP contribution is -1.92. The molecule has 0 bridgehead atoms. The molecule has 3 heteroatoms. The van der Waals surface area contributed by atoms with Crippen LogP contribution < -0.4 is 9.47 Å². The molecule has 0 aliphatic heterocycles. The number of hydrogen-bond donors (Lipinski definition) is 0. The zero-order valence-corrected chi connectivity index (χ0v) is 12.7. The predicted molar refractivity (Wildman–Crippen MR) is 81.0 cm³/mol. The molecule has 0 radical (unpaired) electrons. The van der Waals surface area contributed by atoms with Gasteiger partial charge in [0, 0.05) is 0 Å². The van der Waals surface area contributed by atoms with Crippen LogP contribution in [0.25, 0.3) is 11.1 Å². The summed E-state index contributed by atoms with van der Waals surface area (Å²) in [5.41, 5.74) is 2.78. The Morgan fingerprint density at radius 2 is 1.50 bits per heavy atom. The van der Waals surface area contributed by atoms with Gasteiger partial charge in [-0.1, -0.05) is 26.0 Å². The summed E-state index contributed by atoms with van der Waals surface area (Å²) in [4.78, 5) is 0. The Hall–Kier alpha value is -2.03. The van der Waals surface area contributed by atoms with Crippen molar-refractivity contribution in [1.82, 2.24) is 0 Å². The van der Waals surface area contributed by atoms with Gasteiger partial charge in [0.2, 0.25) is 0 Å². The molecule has 0 aliphatic rings. The Balaban J connectivity index is 0.000000956. The van der Waals surface area contributed by atoms with Crippen molar-refractivity contribution in [3.05, 3.63) is 47.8 Å². The molecule has 0 unspecified atom stereocenters. The highest BCUT2D eigenvalue weighted by molar-refractivity contribution is 5.70. The molecule has 2 aromatic rings. The van der Waals surface area contributed by atoms with Gasteiger partial charge in [-0.15, -0.1) is 0 Å². The standard InChI is InChI=1S/C15H15FO2.C2H6/c1-10-4-6-12(16)9-13(10)11-5-7-14(17-2)15(8-11)18-3;1-2/h4-9H,1-3H3;1-2H3. The number of hydrogen-bond acceptors (Lipinski definition) is 2. The minimum atomic E-state index is -0.245. The van der Waals surface area contributed by atoms with E-state index in [1.165, 1.54) is 12.1 Å². The molecule has 0 fully saturated rings. The summed E-state index contributed by atoms with van der Waals surface area (Å²) in [5.74, 6) is 1.05. The van der Waals surface area contributed by atoms with Crippen LogP contribution in [0, 0.1) is 12.7 Å². The van der Waals surface area contributed by atoms with E-state index in [4.69, 9.17) is 9.47 Å². The summed E-state index contributed by atoms with van der Waals surface area (Å²) in [6, 6.07) is 10.3. The van der Waals surface area contributed by atoms with Crippen LogP contribution in [0.3, 0.4) is 0 Å². The van der Waals surface area contributed by atoms with E-state index in [0.717, 1.165) is 16.7 Å². The van der Waals surface area contributed by atoms with E-state index in [0.29, 0.717) is 11.5 Å². The highest BCUT2D eigenvalue weighted by Gasteiger charge is 2.08. The van der Waals surface area contributed by atoms with Crippen LogP contribution >= 0.6 is 0 Å². The minimum Gasteiger partial charge on any atom is -0.493 e. The summed E-state index contributed by atoms with van der Waals surface area (Å²) in [7, 11) is 3.17. The molecule has 2 nitrogen and oxygen atoms in total. The van der Waals surface area contributed by atoms with Crippen molar-refractivity contribution in [2.24, 2.45) is 0 Å². The van der Waals surface area contributed by atoms with E-state index in [1.54, 1.807) is 20.3 Å². The molecule has 20 heavy (non-hydrogen) atoms. The van der Waals surface area contributed by atoms with Gasteiger partial charge in [-0.3, -0.25) is 0 Å². The molecule has 0 N–H and O–H groups in total. The Morgan fingerprint density at radius 3 is 2.10 bits per heavy atom. The molecule has 2 rings (SSSR count). The molecule has 0 saturated carbocycles. The number of methoxy groups -OCH3 is 2. The Labute approximate surface area is 120 Å². The van der Waals surface area contributed by atoms with Crippen molar-refractivity contribution in [3.8, 4) is 22.6 Å². The number of halogens is 1. The molecule has 108 valence electrons. The van der Waals surface area contributed by atoms with Crippen LogP contribution in [0.15, 0.2) is 36.4 Å². The molecule has 0 amide bonds. The first-order valence-electron chi connectivity index (χ1n) is 6.64. The molecular formula is C17H21FO2. The van der Waals surface area contributed by atoms with Crippen LogP contribution in [0.2, 0.25) is 0 Å². The second-order valence-corrected chi connectivity index (χ2v) is 4.03. The fraction of sp³-hybridized carbons (Fsp3) is 0.294. The van der Waals surface area contributed by atoms with Crippen molar-refractivity contribution in [2.75, 3.05) is 14.2 Å². The maximum absolute atomic E-state index is 13.3. The second kappa shape index (κ2) is 7.53. The third-order valence-electron chi connectivity index (χ3n) is 2.89. The highest BCUT2D eigenvalue weighted by atomic mass is 19.1. The van der Waals surface area contributed by atoms with Crippen molar-refractivity contribution >= 4 is 0 Å². The van der Waals surface area contributed by atoms with E-state index < -0.39 is 0 Å². The average Bonchev–Trinajstić information content (AvgIpc) is 2.51. The first kappa shape index (κ1) is 16.0. The number of aryl methyl sites for hydroxylation is 1. The van der Waals surface area contributed by atoms with Gasteiger partial charge in [-0.2, -0.15) is 0 Å². The van der Waals surface area contributed by atoms with Gasteiger partial charge in [0.25, 0.3) is 0 Å². The van der Waals surface area contributed by atoms with E-state index in [-0.39, 0.29) is 5.82 Å². The summed E-state index contributed by atoms with van der Waals surface area (Å²) < 4.78 is 23.7. The van der Waals surface area contributed by atoms with Gasteiger partial charge in [0.1, 0.15) is 5.82 Å². The summed E-state index contributed by atoms with van der Waals surface area (Å²) in [6.07, 6.45) is 0. The third kappa shape index (κ3) is 3.50. The first-order valence-corrected chi connectivity index (χ1v) is 6.64. The Morgan fingerprint density at radius 1 is 0.850 bits per heavy atom. The molecule has 0 aromatic heterocycles. The van der Waals surface area contributed by atoms with Crippen LogP contribution in [0.1, 0.15) is 19.4 Å². The van der Waals surface area contributed by atoms with Crippen LogP contribution in [-0.4, -0.2) is 14.2 Å². The van der Waals surface area contributed by atoms with E-state index in [2.05, 4.69) is 0 Å². The van der Waals surface area contributed by atoms with Crippen molar-refractivity contribution in [3.63, 3.8) is 0 Å². The molecule has 0 spiro atoms. The third-order valence-corrected chi connectivity index (χ3v) is 2.89. The topological polar surface area (TPSA) is 18.5 Å². The van der Waals surface area contributed by atoms with Crippen molar-refractivity contribution < 1.29 is 13.9 Å². The number of rotatable bonds is 3. The highest BCUT2D eigenvalue weighted by Crippen LogP contribution is 2.33. The van der Waals surface area contributed by atoms with Gasteiger partial charge < -0.3 is 9.47 Å². The van der Waals surface area contributed by atoms with Crippen LogP contribution in [0.5, 0.6) is 11.5 Å². The zero-order valence-electron chi connectivity index (χ0n) is 12.7. The Bertz CT molecular complexity index is 565. The van der Waals surface area contributed by atoms with Gasteiger partial charge >= 0.3 is 0 Å². The van der Waals surface area contributed by atoms with Gasteiger partial charge in [-0.25, -0.2) is 4.39 Å². The van der Waals surface area contributed by atoms with E-state index in [9.17, 15) is 4.39 Å². The number of benzene rings is 2. The average molecular weight is 276 g/mol. The van der Waals surface area contributed by atoms with Crippen LogP contribution in [0.4, 0.5) is 4.39 Å². The largest absolute Gasteiger partial charge is 0.493 e. The van der Waals surface area contributed by atoms with E-state index >= 15 is 0 Å². The minimum absolute atomic E-state index is 0.245. The Kier molecular flexibility index (Phi) is 6.04. The predicted octanol–water partition coefficient (Wildman–Crippen LogP) is 4.84. The fourth-order valence-corrected chi connectivity index (χ4v) is 1.91. The maximum Gasteiger partial charge on any atom is 0.161 e. The van der Waals surface area contributed by atoms with E-state index in [1.807, 2.05) is 39.0 Å². The SMILES string of the molecule is CC.COc1ccc(-c2cc(F)ccc2C)cc1OC. The molecule has 0 aliphatic carbocycles. The lowest BCUT2D eigenvalue weighted by Gasteiger charge is -2.11. The molecule has 2 aromatic carbocycles. The normalized spacial score (nSPS) is 9.50. The maximum atomic E-state index is 13.3. The fourth-order valence-electron chi connectivity index (χ4n) is 1.91. The summed E-state index contributed by atoms with van der Waals surface area (Å²) in [5, 5.41) is 0. The smallest absolute Gasteiger partial charge is 0.161 e. The molecule has 0 heterocycles. The monoisotopic (exact) mass is 276 g/mol. The quantitative estimate of drug-likeness (QED) is 0.798. The molecule has 0 saturated heterocycles. The van der Waals surface area contributed by atoms with Gasteiger partial charge in [0.05, 0.1) is 14.2 Å². The number of ether oxygens (including phenoxy) is 2. The lowest BCUT2D eigenvalue weighted by molar-refractivity contribution is 0.355. The second-order valence-electron chi connectivity index (χ2n) is 4.03. The lowest BCUT2D eigenvalue weighted by atomic mass is 10.00. The zero-order chi connectivity index (χ0) is 15.1. The molecular weight excluding hydrogens is 255 g/mol. The summed E-state index contributed by atoms with van der Waals surface area (Å²) in [6.45, 7) is 5.95. The van der Waals surface area contributed by atoms with Crippen molar-refractivity contribution in [1.29, 1.82) is 0 Å². The van der Waals surface area contributed by atoms with Crippen molar-refractivity contribution in [2.45, 2.75) is 20.8 Å². The van der Waals surface area contributed by atoms with Gasteiger partial charge in [-0.05, 0) is 47.9 Å².